The van der Waals surface area contributed by atoms with Crippen LogP contribution >= 0.6 is 0 Å². The fraction of sp³-hybridized carbons (Fsp3) is 0.208. The van der Waals surface area contributed by atoms with E-state index in [0.29, 0.717) is 29.8 Å². The van der Waals surface area contributed by atoms with Crippen LogP contribution in [0, 0.1) is 12.7 Å². The lowest BCUT2D eigenvalue weighted by Crippen LogP contribution is -2.51. The first-order chi connectivity index (χ1) is 14.9. The minimum atomic E-state index is -1.16. The van der Waals surface area contributed by atoms with E-state index in [-0.39, 0.29) is 11.8 Å². The number of benzene rings is 2. The first-order valence-corrected chi connectivity index (χ1v) is 9.84. The zero-order chi connectivity index (χ0) is 22.2. The number of carbonyl (C=O) groups is 2. The highest BCUT2D eigenvalue weighted by Gasteiger charge is 2.60. The second kappa shape index (κ2) is 7.83. The van der Waals surface area contributed by atoms with E-state index in [0.717, 1.165) is 11.1 Å². The van der Waals surface area contributed by atoms with E-state index in [9.17, 15) is 14.0 Å². The second-order valence-electron chi connectivity index (χ2n) is 7.45. The van der Waals surface area contributed by atoms with Gasteiger partial charge in [-0.3, -0.25) is 9.59 Å². The van der Waals surface area contributed by atoms with Gasteiger partial charge in [-0.05, 0) is 37.3 Å². The molecule has 0 spiro atoms. The van der Waals surface area contributed by atoms with Gasteiger partial charge >= 0.3 is 0 Å². The zero-order valence-electron chi connectivity index (χ0n) is 17.3. The Morgan fingerprint density at radius 2 is 1.84 bits per heavy atom. The molecule has 2 aromatic carbocycles. The average molecular weight is 419 g/mol. The number of amides is 2. The molecule has 2 heterocycles. The molecule has 2 saturated heterocycles. The summed E-state index contributed by atoms with van der Waals surface area (Å²) >= 11 is 0. The summed E-state index contributed by atoms with van der Waals surface area (Å²) in [5, 5.41) is 3.69. The maximum absolute atomic E-state index is 13.5. The van der Waals surface area contributed by atoms with Crippen molar-refractivity contribution in [1.29, 1.82) is 0 Å². The van der Waals surface area contributed by atoms with Crippen LogP contribution in [0.2, 0.25) is 0 Å². The van der Waals surface area contributed by atoms with Crippen molar-refractivity contribution in [3.8, 4) is 0 Å². The van der Waals surface area contributed by atoms with E-state index >= 15 is 0 Å². The molecule has 1 atom stereocenters. The van der Waals surface area contributed by atoms with Gasteiger partial charge in [0.25, 0.3) is 11.8 Å². The summed E-state index contributed by atoms with van der Waals surface area (Å²) in [6, 6.07) is 13.1. The molecule has 0 aromatic heterocycles. The lowest BCUT2D eigenvalue weighted by molar-refractivity contribution is -0.128. The Balaban J connectivity index is 1.88. The fourth-order valence-electron chi connectivity index (χ4n) is 4.31. The zero-order valence-corrected chi connectivity index (χ0v) is 17.3. The van der Waals surface area contributed by atoms with E-state index < -0.39 is 11.5 Å². The van der Waals surface area contributed by atoms with Crippen molar-refractivity contribution >= 4 is 18.0 Å². The van der Waals surface area contributed by atoms with Crippen molar-refractivity contribution in [3.05, 3.63) is 94.8 Å². The number of nitrogens with zero attached hydrogens (tertiary/aromatic N) is 3. The highest BCUT2D eigenvalue weighted by Crippen LogP contribution is 2.51. The van der Waals surface area contributed by atoms with Gasteiger partial charge in [0.15, 0.2) is 5.66 Å². The van der Waals surface area contributed by atoms with Crippen molar-refractivity contribution in [2.45, 2.75) is 12.6 Å². The molecular formula is C24H22FN3O3. The number of oxime groups is 1. The summed E-state index contributed by atoms with van der Waals surface area (Å²) in [5.74, 6) is -0.956. The van der Waals surface area contributed by atoms with Gasteiger partial charge in [-0.1, -0.05) is 41.6 Å². The Morgan fingerprint density at radius 1 is 1.16 bits per heavy atom. The third kappa shape index (κ3) is 3.13. The Hall–Kier alpha value is -3.74. The highest BCUT2D eigenvalue weighted by atomic mass is 19.1. The molecule has 0 saturated carbocycles. The van der Waals surface area contributed by atoms with E-state index in [1.54, 1.807) is 15.9 Å². The minimum absolute atomic E-state index is 0.234. The van der Waals surface area contributed by atoms with Crippen LogP contribution in [0.1, 0.15) is 21.5 Å². The average Bonchev–Trinajstić information content (AvgIpc) is 3.26. The van der Waals surface area contributed by atoms with Crippen molar-refractivity contribution in [3.63, 3.8) is 0 Å². The highest BCUT2D eigenvalue weighted by molar-refractivity contribution is 6.08. The second-order valence-corrected chi connectivity index (χ2v) is 7.45. The molecule has 0 aliphatic carbocycles. The molecule has 2 aromatic rings. The van der Waals surface area contributed by atoms with Crippen molar-refractivity contribution < 1.29 is 18.8 Å². The topological polar surface area (TPSA) is 62.2 Å². The van der Waals surface area contributed by atoms with E-state index in [2.05, 4.69) is 11.7 Å². The molecule has 2 aliphatic heterocycles. The number of hydrogen-bond donors (Lipinski definition) is 0. The van der Waals surface area contributed by atoms with Crippen LogP contribution in [0.3, 0.4) is 0 Å². The number of rotatable bonds is 4. The van der Waals surface area contributed by atoms with Gasteiger partial charge in [0.2, 0.25) is 0 Å². The summed E-state index contributed by atoms with van der Waals surface area (Å²) in [7, 11) is 1.41. The molecule has 2 aliphatic rings. The maximum Gasteiger partial charge on any atom is 0.256 e. The third-order valence-corrected chi connectivity index (χ3v) is 5.75. The lowest BCUT2D eigenvalue weighted by Gasteiger charge is -2.40. The van der Waals surface area contributed by atoms with Gasteiger partial charge in [-0.25, -0.2) is 4.39 Å². The van der Waals surface area contributed by atoms with Crippen LogP contribution < -0.4 is 0 Å². The molecule has 7 heteroatoms. The van der Waals surface area contributed by atoms with Gasteiger partial charge in [0.05, 0.1) is 6.21 Å². The molecule has 0 N–H and O–H groups in total. The first-order valence-electron chi connectivity index (χ1n) is 9.84. The molecule has 2 amide bonds. The Labute approximate surface area is 179 Å². The molecule has 0 radical (unpaired) electrons. The normalized spacial score (nSPS) is 22.0. The van der Waals surface area contributed by atoms with Gasteiger partial charge in [0.1, 0.15) is 12.9 Å². The summed E-state index contributed by atoms with van der Waals surface area (Å²) < 4.78 is 13.4. The molecule has 6 nitrogen and oxygen atoms in total. The SMILES string of the molecule is C=C1/C(=C\C=N\OC)C(=O)N2CCN(C(=O)c3ccc(F)cc3)C12c1ccc(C)cc1. The van der Waals surface area contributed by atoms with E-state index in [4.69, 9.17) is 4.84 Å². The molecule has 0 bridgehead atoms. The quantitative estimate of drug-likeness (QED) is 0.434. The van der Waals surface area contributed by atoms with Crippen LogP contribution in [0.5, 0.6) is 0 Å². The van der Waals surface area contributed by atoms with Gasteiger partial charge in [-0.15, -0.1) is 0 Å². The molecule has 4 rings (SSSR count). The summed E-state index contributed by atoms with van der Waals surface area (Å²) in [6.07, 6.45) is 2.93. The van der Waals surface area contributed by atoms with Gasteiger partial charge < -0.3 is 14.6 Å². The minimum Gasteiger partial charge on any atom is -0.399 e. The third-order valence-electron chi connectivity index (χ3n) is 5.75. The molecule has 2 fully saturated rings. The number of allylic oxidation sites excluding steroid dienone is 1. The Kier molecular flexibility index (Phi) is 5.19. The maximum atomic E-state index is 13.5. The van der Waals surface area contributed by atoms with Crippen molar-refractivity contribution in [1.82, 2.24) is 9.80 Å². The number of aryl methyl sites for hydroxylation is 1. The van der Waals surface area contributed by atoms with Gasteiger partial charge in [-0.2, -0.15) is 0 Å². The molecule has 31 heavy (non-hydrogen) atoms. The van der Waals surface area contributed by atoms with Crippen molar-refractivity contribution in [2.75, 3.05) is 20.2 Å². The first kappa shape index (κ1) is 20.5. The van der Waals surface area contributed by atoms with E-state index in [1.165, 1.54) is 37.6 Å². The number of hydrogen-bond acceptors (Lipinski definition) is 4. The van der Waals surface area contributed by atoms with Crippen LogP contribution in [-0.4, -0.2) is 48.0 Å². The predicted molar refractivity (Wildman–Crippen MR) is 115 cm³/mol. The Bertz CT molecular complexity index is 1110. The number of fused-ring (bicyclic) bond motifs is 1. The van der Waals surface area contributed by atoms with Crippen LogP contribution in [0.25, 0.3) is 0 Å². The van der Waals surface area contributed by atoms with E-state index in [1.807, 2.05) is 31.2 Å². The molecular weight excluding hydrogens is 397 g/mol. The van der Waals surface area contributed by atoms with Gasteiger partial charge in [0, 0.05) is 35.4 Å². The standard InChI is InChI=1S/C24H22FN3O3/c1-16-4-8-19(9-5-16)24-17(2)21(12-13-26-31-3)23(30)28(24)15-14-27(24)22(29)18-6-10-20(25)11-7-18/h4-13H,2,14-15H2,1,3H3/b21-12+,26-13+. The van der Waals surface area contributed by atoms with Crippen molar-refractivity contribution in [2.24, 2.45) is 5.16 Å². The molecule has 1 unspecified atom stereocenters. The molecule has 158 valence electrons. The number of halogens is 1. The smallest absolute Gasteiger partial charge is 0.256 e. The summed E-state index contributed by atoms with van der Waals surface area (Å²) in [5.41, 5.74) is 1.84. The summed E-state index contributed by atoms with van der Waals surface area (Å²) in [4.78, 5) is 34.8. The van der Waals surface area contributed by atoms with Crippen LogP contribution in [0.15, 0.2) is 77.5 Å². The lowest BCUT2D eigenvalue weighted by atomic mass is 9.88. The largest absolute Gasteiger partial charge is 0.399 e. The fourth-order valence-corrected chi connectivity index (χ4v) is 4.31. The monoisotopic (exact) mass is 419 g/mol. The van der Waals surface area contributed by atoms with Crippen LogP contribution in [-0.2, 0) is 15.3 Å². The number of carbonyl (C=O) groups excluding carboxylic acids is 2. The summed E-state index contributed by atoms with van der Waals surface area (Å²) in [6.45, 7) is 6.87. The predicted octanol–water partition coefficient (Wildman–Crippen LogP) is 3.40. The Morgan fingerprint density at radius 3 is 2.48 bits per heavy atom. The van der Waals surface area contributed by atoms with Crippen LogP contribution in [0.4, 0.5) is 4.39 Å².